The maximum Gasteiger partial charge on any atom is 0.414 e. The highest BCUT2D eigenvalue weighted by Gasteiger charge is 2.23. The predicted molar refractivity (Wildman–Crippen MR) is 99.9 cm³/mol. The van der Waals surface area contributed by atoms with Gasteiger partial charge >= 0.3 is 12.1 Å². The monoisotopic (exact) mass is 357 g/mol. The zero-order valence-corrected chi connectivity index (χ0v) is 15.4. The minimum absolute atomic E-state index is 0.212. The van der Waals surface area contributed by atoms with Gasteiger partial charge in [-0.2, -0.15) is 5.10 Å². The molecular formula is C18H23N5O3. The van der Waals surface area contributed by atoms with Gasteiger partial charge in [-0.25, -0.2) is 9.59 Å². The molecule has 2 aromatic rings. The Kier molecular flexibility index (Phi) is 4.83. The molecule has 1 aliphatic rings. The standard InChI is InChI=1S/C18H23N5O3/c1-11(2)23-13(4)16(12(3)21-23)20-17(24)19-14-6-5-7-15(10-14)22-8-9-26-18(22)25/h5-7,10-11H,8-9H2,1-4H3,(H2,19,20,24). The van der Waals surface area contributed by atoms with Crippen molar-refractivity contribution >= 4 is 29.2 Å². The third-order valence-corrected chi connectivity index (χ3v) is 4.23. The fraction of sp³-hybridized carbons (Fsp3) is 0.389. The predicted octanol–water partition coefficient (Wildman–Crippen LogP) is 3.68. The Labute approximate surface area is 152 Å². The number of anilines is 3. The Hall–Kier alpha value is -3.03. The summed E-state index contributed by atoms with van der Waals surface area (Å²) in [6, 6.07) is 6.94. The SMILES string of the molecule is Cc1nn(C(C)C)c(C)c1NC(=O)Nc1cccc(N2CCOC2=O)c1. The third-order valence-electron chi connectivity index (χ3n) is 4.23. The molecule has 8 nitrogen and oxygen atoms in total. The molecule has 1 aromatic carbocycles. The summed E-state index contributed by atoms with van der Waals surface area (Å²) in [5.74, 6) is 0. The average molecular weight is 357 g/mol. The Morgan fingerprint density at radius 1 is 1.27 bits per heavy atom. The Morgan fingerprint density at radius 2 is 2.04 bits per heavy atom. The summed E-state index contributed by atoms with van der Waals surface area (Å²) >= 11 is 0. The average Bonchev–Trinajstić information content (AvgIpc) is 3.13. The summed E-state index contributed by atoms with van der Waals surface area (Å²) in [6.45, 7) is 8.74. The number of nitrogens with zero attached hydrogens (tertiary/aromatic N) is 3. The Morgan fingerprint density at radius 3 is 2.65 bits per heavy atom. The summed E-state index contributed by atoms with van der Waals surface area (Å²) in [6.07, 6.45) is -0.376. The molecule has 138 valence electrons. The number of hydrogen-bond donors (Lipinski definition) is 2. The van der Waals surface area contributed by atoms with Crippen LogP contribution < -0.4 is 15.5 Å². The van der Waals surface area contributed by atoms with E-state index in [0.29, 0.717) is 30.2 Å². The van der Waals surface area contributed by atoms with Gasteiger partial charge in [0.15, 0.2) is 0 Å². The zero-order valence-electron chi connectivity index (χ0n) is 15.4. The second-order valence-corrected chi connectivity index (χ2v) is 6.48. The molecule has 1 aliphatic heterocycles. The topological polar surface area (TPSA) is 88.5 Å². The number of hydrogen-bond acceptors (Lipinski definition) is 4. The van der Waals surface area contributed by atoms with E-state index in [-0.39, 0.29) is 18.2 Å². The van der Waals surface area contributed by atoms with Crippen molar-refractivity contribution in [2.45, 2.75) is 33.7 Å². The summed E-state index contributed by atoms with van der Waals surface area (Å²) in [5.41, 5.74) is 3.65. The second-order valence-electron chi connectivity index (χ2n) is 6.48. The molecule has 3 amide bonds. The first-order chi connectivity index (χ1) is 12.4. The number of cyclic esters (lactones) is 1. The molecule has 0 spiro atoms. The number of benzene rings is 1. The minimum atomic E-state index is -0.376. The maximum absolute atomic E-state index is 12.4. The second kappa shape index (κ2) is 7.07. The minimum Gasteiger partial charge on any atom is -0.447 e. The number of carbonyl (C=O) groups is 2. The van der Waals surface area contributed by atoms with Crippen molar-refractivity contribution in [3.8, 4) is 0 Å². The first-order valence-electron chi connectivity index (χ1n) is 8.55. The van der Waals surface area contributed by atoms with Crippen LogP contribution in [0.5, 0.6) is 0 Å². The van der Waals surface area contributed by atoms with Crippen LogP contribution in [0, 0.1) is 13.8 Å². The van der Waals surface area contributed by atoms with Crippen molar-refractivity contribution in [1.29, 1.82) is 0 Å². The van der Waals surface area contributed by atoms with E-state index >= 15 is 0 Å². The van der Waals surface area contributed by atoms with Crippen molar-refractivity contribution in [2.24, 2.45) is 0 Å². The summed E-state index contributed by atoms with van der Waals surface area (Å²) in [4.78, 5) is 25.6. The molecule has 0 bridgehead atoms. The van der Waals surface area contributed by atoms with Crippen molar-refractivity contribution in [3.05, 3.63) is 35.7 Å². The van der Waals surface area contributed by atoms with Gasteiger partial charge in [0.25, 0.3) is 0 Å². The molecule has 8 heteroatoms. The van der Waals surface area contributed by atoms with Crippen LogP contribution in [0.2, 0.25) is 0 Å². The summed E-state index contributed by atoms with van der Waals surface area (Å²) in [7, 11) is 0. The molecule has 0 saturated carbocycles. The lowest BCUT2D eigenvalue weighted by atomic mass is 10.2. The lowest BCUT2D eigenvalue weighted by molar-refractivity contribution is 0.181. The summed E-state index contributed by atoms with van der Waals surface area (Å²) in [5, 5.41) is 10.1. The van der Waals surface area contributed by atoms with Gasteiger partial charge in [0.05, 0.1) is 23.6 Å². The molecule has 1 aromatic heterocycles. The first kappa shape index (κ1) is 17.8. The van der Waals surface area contributed by atoms with Crippen LogP contribution in [0.15, 0.2) is 24.3 Å². The highest BCUT2D eigenvalue weighted by atomic mass is 16.6. The van der Waals surface area contributed by atoms with Gasteiger partial charge in [0.2, 0.25) is 0 Å². The maximum atomic E-state index is 12.4. The fourth-order valence-corrected chi connectivity index (χ4v) is 3.00. The fourth-order valence-electron chi connectivity index (χ4n) is 3.00. The van der Waals surface area contributed by atoms with Crippen LogP contribution in [0.3, 0.4) is 0 Å². The lowest BCUT2D eigenvalue weighted by Crippen LogP contribution is -2.24. The van der Waals surface area contributed by atoms with Crippen LogP contribution in [0.25, 0.3) is 0 Å². The van der Waals surface area contributed by atoms with Gasteiger partial charge in [0.1, 0.15) is 6.61 Å². The van der Waals surface area contributed by atoms with Gasteiger partial charge < -0.3 is 15.4 Å². The highest BCUT2D eigenvalue weighted by molar-refractivity contribution is 6.01. The van der Waals surface area contributed by atoms with E-state index in [1.807, 2.05) is 32.4 Å². The Bertz CT molecular complexity index is 843. The van der Waals surface area contributed by atoms with Crippen LogP contribution >= 0.6 is 0 Å². The van der Waals surface area contributed by atoms with Crippen molar-refractivity contribution in [3.63, 3.8) is 0 Å². The molecule has 0 radical (unpaired) electrons. The molecule has 1 saturated heterocycles. The molecule has 0 atom stereocenters. The number of aryl methyl sites for hydroxylation is 1. The normalized spacial score (nSPS) is 13.9. The van der Waals surface area contributed by atoms with Gasteiger partial charge in [-0.3, -0.25) is 9.58 Å². The van der Waals surface area contributed by atoms with E-state index < -0.39 is 0 Å². The van der Waals surface area contributed by atoms with Gasteiger partial charge in [-0.15, -0.1) is 0 Å². The van der Waals surface area contributed by atoms with E-state index in [2.05, 4.69) is 15.7 Å². The smallest absolute Gasteiger partial charge is 0.414 e. The molecule has 1 fully saturated rings. The molecule has 2 N–H and O–H groups in total. The zero-order chi connectivity index (χ0) is 18.8. The summed E-state index contributed by atoms with van der Waals surface area (Å²) < 4.78 is 6.83. The molecule has 2 heterocycles. The van der Waals surface area contributed by atoms with Crippen LogP contribution in [-0.2, 0) is 4.74 Å². The largest absolute Gasteiger partial charge is 0.447 e. The quantitative estimate of drug-likeness (QED) is 0.873. The number of carbonyl (C=O) groups excluding carboxylic acids is 2. The van der Waals surface area contributed by atoms with Crippen molar-refractivity contribution in [2.75, 3.05) is 28.7 Å². The Balaban J connectivity index is 1.72. The number of rotatable bonds is 4. The van der Waals surface area contributed by atoms with Crippen LogP contribution in [0.4, 0.5) is 26.7 Å². The van der Waals surface area contributed by atoms with Gasteiger partial charge in [-0.1, -0.05) is 6.07 Å². The van der Waals surface area contributed by atoms with E-state index in [4.69, 9.17) is 4.74 Å². The first-order valence-corrected chi connectivity index (χ1v) is 8.55. The van der Waals surface area contributed by atoms with E-state index in [9.17, 15) is 9.59 Å². The number of nitrogens with one attached hydrogen (secondary N) is 2. The molecule has 26 heavy (non-hydrogen) atoms. The van der Waals surface area contributed by atoms with Crippen molar-refractivity contribution < 1.29 is 14.3 Å². The third kappa shape index (κ3) is 3.49. The van der Waals surface area contributed by atoms with Gasteiger partial charge in [-0.05, 0) is 45.9 Å². The number of ether oxygens (including phenoxy) is 1. The van der Waals surface area contributed by atoms with E-state index in [1.165, 1.54) is 4.90 Å². The molecule has 0 unspecified atom stereocenters. The van der Waals surface area contributed by atoms with Gasteiger partial charge in [0, 0.05) is 17.4 Å². The van der Waals surface area contributed by atoms with Crippen LogP contribution in [-0.4, -0.2) is 35.1 Å². The molecular weight excluding hydrogens is 334 g/mol. The van der Waals surface area contributed by atoms with E-state index in [1.54, 1.807) is 24.3 Å². The molecule has 3 rings (SSSR count). The molecule has 0 aliphatic carbocycles. The van der Waals surface area contributed by atoms with Crippen molar-refractivity contribution in [1.82, 2.24) is 9.78 Å². The highest BCUT2D eigenvalue weighted by Crippen LogP contribution is 2.24. The van der Waals surface area contributed by atoms with Crippen LogP contribution in [0.1, 0.15) is 31.3 Å². The number of aromatic nitrogens is 2. The lowest BCUT2D eigenvalue weighted by Gasteiger charge is -2.14. The number of urea groups is 1. The van der Waals surface area contributed by atoms with E-state index in [0.717, 1.165) is 11.4 Å². The number of amides is 3.